The number of nitrogens with zero attached hydrogens (tertiary/aromatic N) is 4. The molecule has 4 rings (SSSR count). The third-order valence-electron chi connectivity index (χ3n) is 5.62. The lowest BCUT2D eigenvalue weighted by Crippen LogP contribution is -2.25. The second kappa shape index (κ2) is 6.61. The van der Waals surface area contributed by atoms with Gasteiger partial charge in [-0.1, -0.05) is 0 Å². The van der Waals surface area contributed by atoms with Crippen LogP contribution in [0.25, 0.3) is 0 Å². The van der Waals surface area contributed by atoms with Gasteiger partial charge in [-0.15, -0.1) is 0 Å². The van der Waals surface area contributed by atoms with Gasteiger partial charge in [0, 0.05) is 24.8 Å². The van der Waals surface area contributed by atoms with Crippen molar-refractivity contribution in [1.82, 2.24) is 14.5 Å². The third-order valence-corrected chi connectivity index (χ3v) is 5.62. The predicted molar refractivity (Wildman–Crippen MR) is 93.4 cm³/mol. The lowest BCUT2D eigenvalue weighted by atomic mass is 10.0. The molecular formula is C20H23FN4. The highest BCUT2D eigenvalue weighted by Crippen LogP contribution is 2.35. The van der Waals surface area contributed by atoms with Crippen LogP contribution in [0, 0.1) is 17.1 Å². The molecule has 2 heterocycles. The molecular weight excluding hydrogens is 315 g/mol. The van der Waals surface area contributed by atoms with E-state index in [9.17, 15) is 4.39 Å². The van der Waals surface area contributed by atoms with E-state index in [0.29, 0.717) is 17.7 Å². The van der Waals surface area contributed by atoms with Gasteiger partial charge < -0.3 is 4.57 Å². The van der Waals surface area contributed by atoms with E-state index in [1.165, 1.54) is 36.4 Å². The molecule has 1 aliphatic carbocycles. The predicted octanol–water partition coefficient (Wildman–Crippen LogP) is 3.65. The molecule has 0 N–H and O–H groups in total. The zero-order valence-electron chi connectivity index (χ0n) is 14.6. The fourth-order valence-electron chi connectivity index (χ4n) is 4.30. The van der Waals surface area contributed by atoms with Gasteiger partial charge in [-0.3, -0.25) is 4.90 Å². The highest BCUT2D eigenvalue weighted by atomic mass is 19.1. The molecule has 0 amide bonds. The SMILES string of the molecule is Cn1c([C@H]2CCCN2Cc2cc(C#N)ccc2F)nc2c1CCCC2. The average molecular weight is 338 g/mol. The summed E-state index contributed by atoms with van der Waals surface area (Å²) in [5, 5.41) is 9.07. The van der Waals surface area contributed by atoms with Crippen LogP contribution in [0.3, 0.4) is 0 Å². The van der Waals surface area contributed by atoms with Crippen LogP contribution in [0.2, 0.25) is 0 Å². The van der Waals surface area contributed by atoms with Gasteiger partial charge in [0.25, 0.3) is 0 Å². The zero-order chi connectivity index (χ0) is 17.4. The highest BCUT2D eigenvalue weighted by Gasteiger charge is 2.31. The molecule has 1 fully saturated rings. The van der Waals surface area contributed by atoms with E-state index in [1.807, 2.05) is 0 Å². The van der Waals surface area contributed by atoms with E-state index in [4.69, 9.17) is 10.2 Å². The Balaban J connectivity index is 1.61. The summed E-state index contributed by atoms with van der Waals surface area (Å²) < 4.78 is 16.5. The molecule has 1 aromatic heterocycles. The van der Waals surface area contributed by atoms with Crippen LogP contribution in [-0.2, 0) is 26.4 Å². The number of hydrogen-bond donors (Lipinski definition) is 0. The largest absolute Gasteiger partial charge is 0.334 e. The van der Waals surface area contributed by atoms with Crippen molar-refractivity contribution >= 4 is 0 Å². The molecule has 0 bridgehead atoms. The molecule has 2 aromatic rings. The Kier molecular flexibility index (Phi) is 4.30. The normalized spacial score (nSPS) is 20.4. The molecule has 0 radical (unpaired) electrons. The van der Waals surface area contributed by atoms with Crippen molar-refractivity contribution in [2.45, 2.75) is 51.1 Å². The van der Waals surface area contributed by atoms with Gasteiger partial charge in [0.05, 0.1) is 23.4 Å². The topological polar surface area (TPSA) is 44.9 Å². The maximum absolute atomic E-state index is 14.2. The van der Waals surface area contributed by atoms with Gasteiger partial charge >= 0.3 is 0 Å². The molecule has 1 aliphatic heterocycles. The second-order valence-corrected chi connectivity index (χ2v) is 7.18. The van der Waals surface area contributed by atoms with Crippen LogP contribution in [0.1, 0.15) is 60.1 Å². The summed E-state index contributed by atoms with van der Waals surface area (Å²) in [4.78, 5) is 7.27. The summed E-state index contributed by atoms with van der Waals surface area (Å²) in [6.07, 6.45) is 6.82. The van der Waals surface area contributed by atoms with Crippen molar-refractivity contribution in [3.8, 4) is 6.07 Å². The number of imidazole rings is 1. The summed E-state index contributed by atoms with van der Waals surface area (Å²) in [6.45, 7) is 1.47. The Bertz CT molecular complexity index is 833. The van der Waals surface area contributed by atoms with Crippen molar-refractivity contribution in [3.63, 3.8) is 0 Å². The molecule has 1 atom stereocenters. The molecule has 4 nitrogen and oxygen atoms in total. The maximum atomic E-state index is 14.2. The van der Waals surface area contributed by atoms with Gasteiger partial charge in [-0.2, -0.15) is 5.26 Å². The summed E-state index contributed by atoms with van der Waals surface area (Å²) in [7, 11) is 2.12. The molecule has 1 aromatic carbocycles. The summed E-state index contributed by atoms with van der Waals surface area (Å²) in [6, 6.07) is 6.95. The molecule has 25 heavy (non-hydrogen) atoms. The first-order valence-corrected chi connectivity index (χ1v) is 9.14. The van der Waals surface area contributed by atoms with Crippen molar-refractivity contribution in [2.75, 3.05) is 6.54 Å². The number of halogens is 1. The monoisotopic (exact) mass is 338 g/mol. The number of fused-ring (bicyclic) bond motifs is 1. The maximum Gasteiger partial charge on any atom is 0.127 e. The van der Waals surface area contributed by atoms with Gasteiger partial charge in [-0.25, -0.2) is 9.37 Å². The lowest BCUT2D eigenvalue weighted by Gasteiger charge is -2.24. The van der Waals surface area contributed by atoms with Gasteiger partial charge in [0.1, 0.15) is 11.6 Å². The Morgan fingerprint density at radius 3 is 2.92 bits per heavy atom. The molecule has 1 saturated heterocycles. The number of aromatic nitrogens is 2. The first kappa shape index (κ1) is 16.3. The average Bonchev–Trinajstić information content (AvgIpc) is 3.21. The number of aryl methyl sites for hydroxylation is 1. The highest BCUT2D eigenvalue weighted by molar-refractivity contribution is 5.34. The van der Waals surface area contributed by atoms with E-state index in [2.05, 4.69) is 22.6 Å². The number of hydrogen-bond acceptors (Lipinski definition) is 3. The number of nitriles is 1. The molecule has 2 aliphatic rings. The van der Waals surface area contributed by atoms with Crippen molar-refractivity contribution < 1.29 is 4.39 Å². The minimum Gasteiger partial charge on any atom is -0.334 e. The summed E-state index contributed by atoms with van der Waals surface area (Å²) >= 11 is 0. The molecule has 130 valence electrons. The Morgan fingerprint density at radius 1 is 1.28 bits per heavy atom. The van der Waals surface area contributed by atoms with E-state index in [1.54, 1.807) is 6.07 Å². The summed E-state index contributed by atoms with van der Waals surface area (Å²) in [5.74, 6) is 0.894. The van der Waals surface area contributed by atoms with E-state index in [0.717, 1.165) is 38.1 Å². The van der Waals surface area contributed by atoms with Crippen molar-refractivity contribution in [3.05, 3.63) is 52.4 Å². The number of likely N-dealkylation sites (tertiary alicyclic amines) is 1. The van der Waals surface area contributed by atoms with Crippen LogP contribution in [0.5, 0.6) is 0 Å². The van der Waals surface area contributed by atoms with Crippen molar-refractivity contribution in [1.29, 1.82) is 5.26 Å². The zero-order valence-corrected chi connectivity index (χ0v) is 14.6. The quantitative estimate of drug-likeness (QED) is 0.858. The minimum absolute atomic E-state index is 0.233. The fourth-order valence-corrected chi connectivity index (χ4v) is 4.30. The van der Waals surface area contributed by atoms with Crippen LogP contribution >= 0.6 is 0 Å². The van der Waals surface area contributed by atoms with Crippen molar-refractivity contribution in [2.24, 2.45) is 7.05 Å². The van der Waals surface area contributed by atoms with Crippen LogP contribution in [-0.4, -0.2) is 21.0 Å². The van der Waals surface area contributed by atoms with Crippen LogP contribution in [0.15, 0.2) is 18.2 Å². The van der Waals surface area contributed by atoms with Crippen LogP contribution < -0.4 is 0 Å². The Labute approximate surface area is 147 Å². The van der Waals surface area contributed by atoms with Gasteiger partial charge in [-0.05, 0) is 63.3 Å². The van der Waals surface area contributed by atoms with Gasteiger partial charge in [0.15, 0.2) is 0 Å². The van der Waals surface area contributed by atoms with E-state index >= 15 is 0 Å². The lowest BCUT2D eigenvalue weighted by molar-refractivity contribution is 0.233. The third kappa shape index (κ3) is 2.96. The van der Waals surface area contributed by atoms with E-state index < -0.39 is 0 Å². The standard InChI is InChI=1S/C20H23FN4/c1-24-18-6-3-2-5-17(18)23-20(24)19-7-4-10-25(19)13-15-11-14(12-22)8-9-16(15)21/h8-9,11,19H,2-7,10,13H2,1H3/t19-/m1/s1. The molecule has 0 unspecified atom stereocenters. The Hall–Kier alpha value is -2.19. The fraction of sp³-hybridized carbons (Fsp3) is 0.500. The summed E-state index contributed by atoms with van der Waals surface area (Å²) in [5.41, 5.74) is 3.75. The molecule has 5 heteroatoms. The molecule has 0 spiro atoms. The minimum atomic E-state index is -0.233. The first-order valence-electron chi connectivity index (χ1n) is 9.14. The smallest absolute Gasteiger partial charge is 0.127 e. The van der Waals surface area contributed by atoms with Crippen LogP contribution in [0.4, 0.5) is 4.39 Å². The first-order chi connectivity index (χ1) is 12.2. The number of rotatable bonds is 3. The van der Waals surface area contributed by atoms with Gasteiger partial charge in [0.2, 0.25) is 0 Å². The molecule has 0 saturated carbocycles. The number of benzene rings is 1. The van der Waals surface area contributed by atoms with E-state index in [-0.39, 0.29) is 11.9 Å². The Morgan fingerprint density at radius 2 is 2.12 bits per heavy atom. The second-order valence-electron chi connectivity index (χ2n) is 7.18.